The summed E-state index contributed by atoms with van der Waals surface area (Å²) in [5, 5.41) is 0. The van der Waals surface area contributed by atoms with Crippen molar-refractivity contribution < 1.29 is 19.3 Å². The summed E-state index contributed by atoms with van der Waals surface area (Å²) in [6.45, 7) is 1.52. The lowest BCUT2D eigenvalue weighted by atomic mass is 10.2. The monoisotopic (exact) mass is 180 g/mol. The molecule has 13 heavy (non-hydrogen) atoms. The summed E-state index contributed by atoms with van der Waals surface area (Å²) >= 11 is 0. The molecule has 0 unspecified atom stereocenters. The molecule has 4 nitrogen and oxygen atoms in total. The summed E-state index contributed by atoms with van der Waals surface area (Å²) in [6.07, 6.45) is 0. The van der Waals surface area contributed by atoms with Gasteiger partial charge in [-0.2, -0.15) is 9.78 Å². The zero-order valence-electron chi connectivity index (χ0n) is 7.02. The van der Waals surface area contributed by atoms with Crippen molar-refractivity contribution in [2.75, 3.05) is 0 Å². The van der Waals surface area contributed by atoms with E-state index in [0.29, 0.717) is 5.56 Å². The molecule has 2 rings (SSSR count). The molecule has 1 fully saturated rings. The first-order valence-electron chi connectivity index (χ1n) is 3.85. The third-order valence-electron chi connectivity index (χ3n) is 1.61. The van der Waals surface area contributed by atoms with E-state index in [4.69, 9.17) is 4.74 Å². The zero-order chi connectivity index (χ0) is 9.31. The summed E-state index contributed by atoms with van der Waals surface area (Å²) in [5.74, 6) is -1.63. The van der Waals surface area contributed by atoms with Crippen LogP contribution < -0.4 is 0 Å². The van der Waals surface area contributed by atoms with E-state index in [1.807, 2.05) is 6.07 Å². The molecule has 0 aliphatic carbocycles. The van der Waals surface area contributed by atoms with Crippen molar-refractivity contribution in [2.24, 2.45) is 0 Å². The Morgan fingerprint density at radius 1 is 1.31 bits per heavy atom. The second-order valence-electron chi connectivity index (χ2n) is 2.78. The van der Waals surface area contributed by atoms with Crippen molar-refractivity contribution >= 4 is 5.97 Å². The van der Waals surface area contributed by atoms with Gasteiger partial charge in [-0.1, -0.05) is 18.2 Å². The van der Waals surface area contributed by atoms with Gasteiger partial charge in [0.1, 0.15) is 0 Å². The minimum absolute atomic E-state index is 0.458. The number of carbonyl (C=O) groups is 1. The van der Waals surface area contributed by atoms with Crippen molar-refractivity contribution in [1.29, 1.82) is 0 Å². The average molecular weight is 180 g/mol. The van der Waals surface area contributed by atoms with Gasteiger partial charge < -0.3 is 4.74 Å². The minimum atomic E-state index is -1.17. The molecular weight excluding hydrogens is 172 g/mol. The lowest BCUT2D eigenvalue weighted by Crippen LogP contribution is -2.16. The molecule has 0 atom stereocenters. The van der Waals surface area contributed by atoms with E-state index in [-0.39, 0.29) is 0 Å². The Hall–Kier alpha value is -1.39. The van der Waals surface area contributed by atoms with Crippen LogP contribution in [0.5, 0.6) is 0 Å². The van der Waals surface area contributed by atoms with Crippen LogP contribution in [0.15, 0.2) is 30.3 Å². The van der Waals surface area contributed by atoms with Gasteiger partial charge in [0.05, 0.1) is 5.56 Å². The summed E-state index contributed by atoms with van der Waals surface area (Å²) in [6, 6.07) is 8.66. The fourth-order valence-corrected chi connectivity index (χ4v) is 0.894. The topological polar surface area (TPSA) is 51.4 Å². The number of rotatable bonds is 2. The molecule has 0 radical (unpaired) electrons. The van der Waals surface area contributed by atoms with Crippen LogP contribution in [0.4, 0.5) is 0 Å². The first-order chi connectivity index (χ1) is 6.20. The van der Waals surface area contributed by atoms with Crippen LogP contribution in [0.25, 0.3) is 0 Å². The van der Waals surface area contributed by atoms with E-state index in [9.17, 15) is 4.79 Å². The lowest BCUT2D eigenvalue weighted by Gasteiger charge is -2.02. The van der Waals surface area contributed by atoms with E-state index >= 15 is 0 Å². The molecule has 1 aliphatic rings. The first-order valence-corrected chi connectivity index (χ1v) is 3.85. The SMILES string of the molecule is CC1(OC(=O)c2ccccc2)OO1. The standard InChI is InChI=1S/C9H8O4/c1-9(12-13-9)11-8(10)7-5-3-2-4-6-7/h2-6H,1H3. The predicted molar refractivity (Wildman–Crippen MR) is 42.4 cm³/mol. The minimum Gasteiger partial charge on any atom is -0.401 e. The summed E-state index contributed by atoms with van der Waals surface area (Å²) in [7, 11) is 0. The van der Waals surface area contributed by atoms with Gasteiger partial charge in [0.25, 0.3) is 0 Å². The largest absolute Gasteiger partial charge is 0.401 e. The van der Waals surface area contributed by atoms with Crippen molar-refractivity contribution in [3.05, 3.63) is 35.9 Å². The maximum Gasteiger partial charge on any atom is 0.380 e. The van der Waals surface area contributed by atoms with E-state index in [0.717, 1.165) is 0 Å². The van der Waals surface area contributed by atoms with E-state index in [1.54, 1.807) is 24.3 Å². The second-order valence-corrected chi connectivity index (χ2v) is 2.78. The normalized spacial score (nSPS) is 17.9. The van der Waals surface area contributed by atoms with Crippen molar-refractivity contribution in [2.45, 2.75) is 12.9 Å². The molecule has 68 valence electrons. The Labute approximate surface area is 75.0 Å². The van der Waals surface area contributed by atoms with Crippen LogP contribution in [0.2, 0.25) is 0 Å². The van der Waals surface area contributed by atoms with E-state index in [1.165, 1.54) is 6.92 Å². The molecule has 1 aliphatic heterocycles. The maximum absolute atomic E-state index is 11.3. The van der Waals surface area contributed by atoms with Crippen LogP contribution in [0.3, 0.4) is 0 Å². The van der Waals surface area contributed by atoms with Gasteiger partial charge in [-0.15, -0.1) is 0 Å². The van der Waals surface area contributed by atoms with Gasteiger partial charge in [0, 0.05) is 6.92 Å². The van der Waals surface area contributed by atoms with Crippen molar-refractivity contribution in [1.82, 2.24) is 0 Å². The molecule has 0 spiro atoms. The van der Waals surface area contributed by atoms with Gasteiger partial charge >= 0.3 is 11.9 Å². The molecule has 0 aromatic heterocycles. The van der Waals surface area contributed by atoms with Gasteiger partial charge in [0.15, 0.2) is 0 Å². The quantitative estimate of drug-likeness (QED) is 0.393. The molecule has 0 N–H and O–H groups in total. The number of hydrogen-bond acceptors (Lipinski definition) is 4. The van der Waals surface area contributed by atoms with Gasteiger partial charge in [-0.05, 0) is 12.1 Å². The Balaban J connectivity index is 2.06. The van der Waals surface area contributed by atoms with E-state index < -0.39 is 11.9 Å². The third kappa shape index (κ3) is 1.85. The highest BCUT2D eigenvalue weighted by atomic mass is 17.4. The van der Waals surface area contributed by atoms with E-state index in [2.05, 4.69) is 9.78 Å². The average Bonchev–Trinajstić information content (AvgIpc) is 2.85. The molecule has 0 amide bonds. The Kier molecular flexibility index (Phi) is 1.79. The highest BCUT2D eigenvalue weighted by Gasteiger charge is 2.48. The smallest absolute Gasteiger partial charge is 0.380 e. The first kappa shape index (κ1) is 8.22. The second kappa shape index (κ2) is 2.83. The maximum atomic E-state index is 11.3. The number of hydrogen-bond donors (Lipinski definition) is 0. The Morgan fingerprint density at radius 3 is 2.46 bits per heavy atom. The number of ether oxygens (including phenoxy) is 1. The van der Waals surface area contributed by atoms with Crippen LogP contribution in [0.1, 0.15) is 17.3 Å². The zero-order valence-corrected chi connectivity index (χ0v) is 7.02. The van der Waals surface area contributed by atoms with Crippen molar-refractivity contribution in [3.63, 3.8) is 0 Å². The number of esters is 1. The van der Waals surface area contributed by atoms with Crippen LogP contribution in [-0.2, 0) is 14.5 Å². The number of benzene rings is 1. The molecular formula is C9H8O4. The Bertz CT molecular complexity index is 316. The third-order valence-corrected chi connectivity index (χ3v) is 1.61. The molecule has 1 heterocycles. The highest BCUT2D eigenvalue weighted by Crippen LogP contribution is 2.30. The van der Waals surface area contributed by atoms with Crippen LogP contribution in [-0.4, -0.2) is 11.9 Å². The van der Waals surface area contributed by atoms with Gasteiger partial charge in [-0.3, -0.25) is 0 Å². The summed E-state index contributed by atoms with van der Waals surface area (Å²) < 4.78 is 4.85. The van der Waals surface area contributed by atoms with Crippen LogP contribution in [0, 0.1) is 0 Å². The molecule has 4 heteroatoms. The molecule has 0 saturated carbocycles. The fraction of sp³-hybridized carbons (Fsp3) is 0.222. The van der Waals surface area contributed by atoms with Gasteiger partial charge in [-0.25, -0.2) is 4.79 Å². The molecule has 1 aromatic carbocycles. The fourth-order valence-electron chi connectivity index (χ4n) is 0.894. The van der Waals surface area contributed by atoms with Crippen LogP contribution >= 0.6 is 0 Å². The molecule has 1 saturated heterocycles. The Morgan fingerprint density at radius 2 is 1.92 bits per heavy atom. The molecule has 0 bridgehead atoms. The predicted octanol–water partition coefficient (Wildman–Crippen LogP) is 1.48. The van der Waals surface area contributed by atoms with Gasteiger partial charge in [0.2, 0.25) is 0 Å². The summed E-state index contributed by atoms with van der Waals surface area (Å²) in [5.41, 5.74) is 0.475. The lowest BCUT2D eigenvalue weighted by molar-refractivity contribution is -0.0142. The van der Waals surface area contributed by atoms with Crippen molar-refractivity contribution in [3.8, 4) is 0 Å². The highest BCUT2D eigenvalue weighted by molar-refractivity contribution is 5.89. The summed E-state index contributed by atoms with van der Waals surface area (Å²) in [4.78, 5) is 20.2. The molecule has 1 aromatic rings. The number of carbonyl (C=O) groups excluding carboxylic acids is 1.